The summed E-state index contributed by atoms with van der Waals surface area (Å²) in [5.41, 5.74) is 6.52. The van der Waals surface area contributed by atoms with Gasteiger partial charge in [-0.15, -0.1) is 0 Å². The summed E-state index contributed by atoms with van der Waals surface area (Å²) in [6, 6.07) is 12.4. The Labute approximate surface area is 169 Å². The van der Waals surface area contributed by atoms with Gasteiger partial charge in [0, 0.05) is 28.7 Å². The van der Waals surface area contributed by atoms with E-state index in [0.29, 0.717) is 5.65 Å². The topological polar surface area (TPSA) is 98.9 Å². The maximum absolute atomic E-state index is 13.8. The van der Waals surface area contributed by atoms with Gasteiger partial charge < -0.3 is 4.98 Å². The van der Waals surface area contributed by atoms with Crippen molar-refractivity contribution in [3.63, 3.8) is 0 Å². The third kappa shape index (κ3) is 2.58. The molecule has 7 nitrogen and oxygen atoms in total. The van der Waals surface area contributed by atoms with Crippen LogP contribution in [-0.2, 0) is 0 Å². The molecule has 0 bridgehead atoms. The monoisotopic (exact) mass is 395 g/mol. The van der Waals surface area contributed by atoms with Crippen LogP contribution in [0.2, 0.25) is 0 Å². The second-order valence-corrected chi connectivity index (χ2v) is 6.99. The van der Waals surface area contributed by atoms with Gasteiger partial charge in [0.2, 0.25) is 0 Å². The predicted octanol–water partition coefficient (Wildman–Crippen LogP) is 4.70. The van der Waals surface area contributed by atoms with Crippen molar-refractivity contribution in [1.29, 1.82) is 0 Å². The number of pyridine rings is 2. The summed E-state index contributed by atoms with van der Waals surface area (Å²) in [4.78, 5) is 12.3. The lowest BCUT2D eigenvalue weighted by molar-refractivity contribution is 0.628. The van der Waals surface area contributed by atoms with E-state index in [0.717, 1.165) is 50.1 Å². The number of rotatable bonds is 3. The molecule has 1 aromatic carbocycles. The van der Waals surface area contributed by atoms with Crippen LogP contribution in [-0.4, -0.2) is 35.3 Å². The van der Waals surface area contributed by atoms with Gasteiger partial charge in [-0.3, -0.25) is 15.2 Å². The molecule has 0 unspecified atom stereocenters. The van der Waals surface area contributed by atoms with Crippen molar-refractivity contribution in [3.8, 4) is 33.8 Å². The molecular weight excluding hydrogens is 381 g/mol. The van der Waals surface area contributed by atoms with Crippen molar-refractivity contribution in [2.75, 3.05) is 0 Å². The number of aromatic amines is 3. The summed E-state index contributed by atoms with van der Waals surface area (Å²) in [5.74, 6) is -0.272. The summed E-state index contributed by atoms with van der Waals surface area (Å²) in [6.07, 6.45) is 7.00. The molecule has 0 saturated heterocycles. The van der Waals surface area contributed by atoms with Crippen molar-refractivity contribution >= 4 is 21.9 Å². The van der Waals surface area contributed by atoms with Crippen molar-refractivity contribution in [2.24, 2.45) is 0 Å². The zero-order chi connectivity index (χ0) is 20.1. The largest absolute Gasteiger partial charge is 0.338 e. The summed E-state index contributed by atoms with van der Waals surface area (Å²) >= 11 is 0. The lowest BCUT2D eigenvalue weighted by Crippen LogP contribution is -1.83. The Hall–Kier alpha value is -4.33. The molecule has 0 aliphatic heterocycles. The second-order valence-electron chi connectivity index (χ2n) is 6.99. The van der Waals surface area contributed by atoms with Crippen molar-refractivity contribution in [2.45, 2.75) is 0 Å². The molecule has 6 aromatic rings. The summed E-state index contributed by atoms with van der Waals surface area (Å²) in [7, 11) is 0. The highest BCUT2D eigenvalue weighted by Crippen LogP contribution is 2.34. The Kier molecular flexibility index (Phi) is 3.51. The first-order valence-corrected chi connectivity index (χ1v) is 9.33. The van der Waals surface area contributed by atoms with Crippen LogP contribution in [0, 0.1) is 5.82 Å². The third-order valence-corrected chi connectivity index (χ3v) is 5.16. The molecule has 0 spiro atoms. The summed E-state index contributed by atoms with van der Waals surface area (Å²) in [6.45, 7) is 0. The lowest BCUT2D eigenvalue weighted by Gasteiger charge is -2.02. The molecule has 0 aliphatic rings. The van der Waals surface area contributed by atoms with Crippen molar-refractivity contribution < 1.29 is 4.39 Å². The van der Waals surface area contributed by atoms with E-state index in [-0.39, 0.29) is 5.82 Å². The fourth-order valence-electron chi connectivity index (χ4n) is 3.73. The SMILES string of the molecule is Fc1cccc(-c2ccnc3[nH]c(-c4n[nH]c5cnc(-c6cn[nH]c6)cc45)cc23)c1. The van der Waals surface area contributed by atoms with Crippen LogP contribution >= 0.6 is 0 Å². The molecule has 0 aliphatic carbocycles. The standard InChI is InChI=1S/C22H14FN7/c23-14-3-1-2-12(6-14)15-4-5-24-22-16(15)7-19(28-22)21-17-8-18(13-9-26-27-10-13)25-11-20(17)29-30-21/h1-11H,(H,24,28)(H,26,27)(H,29,30). The predicted molar refractivity (Wildman–Crippen MR) is 112 cm³/mol. The van der Waals surface area contributed by atoms with Crippen LogP contribution in [0.15, 0.2) is 67.3 Å². The fourth-order valence-corrected chi connectivity index (χ4v) is 3.73. The van der Waals surface area contributed by atoms with Gasteiger partial charge in [0.05, 0.1) is 29.3 Å². The molecule has 0 fully saturated rings. The number of nitrogens with zero attached hydrogens (tertiary/aromatic N) is 4. The Morgan fingerprint density at radius 2 is 1.87 bits per heavy atom. The van der Waals surface area contributed by atoms with Gasteiger partial charge in [-0.05, 0) is 41.5 Å². The zero-order valence-corrected chi connectivity index (χ0v) is 15.5. The van der Waals surface area contributed by atoms with E-state index in [2.05, 4.69) is 35.3 Å². The second kappa shape index (κ2) is 6.35. The number of fused-ring (bicyclic) bond motifs is 2. The molecule has 6 rings (SSSR count). The molecule has 30 heavy (non-hydrogen) atoms. The van der Waals surface area contributed by atoms with Gasteiger partial charge in [0.1, 0.15) is 17.2 Å². The highest BCUT2D eigenvalue weighted by molar-refractivity contribution is 6.00. The van der Waals surface area contributed by atoms with Crippen LogP contribution in [0.5, 0.6) is 0 Å². The van der Waals surface area contributed by atoms with Gasteiger partial charge in [-0.25, -0.2) is 9.37 Å². The number of H-pyrrole nitrogens is 3. The van der Waals surface area contributed by atoms with Gasteiger partial charge >= 0.3 is 0 Å². The fraction of sp³-hybridized carbons (Fsp3) is 0. The number of halogens is 1. The lowest BCUT2D eigenvalue weighted by atomic mass is 10.0. The van der Waals surface area contributed by atoms with Gasteiger partial charge in [-0.1, -0.05) is 12.1 Å². The Morgan fingerprint density at radius 3 is 2.73 bits per heavy atom. The quantitative estimate of drug-likeness (QED) is 0.404. The average molecular weight is 395 g/mol. The number of hydrogen-bond donors (Lipinski definition) is 3. The normalized spacial score (nSPS) is 11.5. The third-order valence-electron chi connectivity index (χ3n) is 5.16. The first kappa shape index (κ1) is 16.6. The molecular formula is C22H14FN7. The molecule has 0 atom stereocenters. The number of aromatic nitrogens is 7. The van der Waals surface area contributed by atoms with E-state index in [1.165, 1.54) is 12.1 Å². The Bertz CT molecular complexity index is 1510. The molecule has 0 saturated carbocycles. The Balaban J connectivity index is 1.53. The van der Waals surface area contributed by atoms with Gasteiger partial charge in [0.15, 0.2) is 0 Å². The minimum absolute atomic E-state index is 0.272. The highest BCUT2D eigenvalue weighted by Gasteiger charge is 2.15. The number of benzene rings is 1. The van der Waals surface area contributed by atoms with Crippen LogP contribution in [0.25, 0.3) is 55.7 Å². The molecule has 144 valence electrons. The van der Waals surface area contributed by atoms with Gasteiger partial charge in [-0.2, -0.15) is 10.2 Å². The number of nitrogens with one attached hydrogen (secondary N) is 3. The minimum Gasteiger partial charge on any atom is -0.338 e. The molecule has 0 radical (unpaired) electrons. The van der Waals surface area contributed by atoms with E-state index < -0.39 is 0 Å². The highest BCUT2D eigenvalue weighted by atomic mass is 19.1. The van der Waals surface area contributed by atoms with E-state index in [9.17, 15) is 4.39 Å². The van der Waals surface area contributed by atoms with Crippen molar-refractivity contribution in [3.05, 3.63) is 73.1 Å². The average Bonchev–Trinajstić information content (AvgIpc) is 3.51. The molecule has 5 heterocycles. The maximum atomic E-state index is 13.8. The first-order valence-electron chi connectivity index (χ1n) is 9.33. The van der Waals surface area contributed by atoms with E-state index in [1.54, 1.807) is 30.9 Å². The molecule has 5 aromatic heterocycles. The maximum Gasteiger partial charge on any atom is 0.138 e. The van der Waals surface area contributed by atoms with Crippen molar-refractivity contribution in [1.82, 2.24) is 35.3 Å². The van der Waals surface area contributed by atoms with Crippen LogP contribution in [0.3, 0.4) is 0 Å². The van der Waals surface area contributed by atoms with E-state index >= 15 is 0 Å². The smallest absolute Gasteiger partial charge is 0.138 e. The summed E-state index contributed by atoms with van der Waals surface area (Å²) in [5, 5.41) is 16.2. The van der Waals surface area contributed by atoms with Crippen LogP contribution in [0.1, 0.15) is 0 Å². The zero-order valence-electron chi connectivity index (χ0n) is 15.5. The number of hydrogen-bond acceptors (Lipinski definition) is 4. The summed E-state index contributed by atoms with van der Waals surface area (Å²) < 4.78 is 13.8. The Morgan fingerprint density at radius 1 is 0.900 bits per heavy atom. The van der Waals surface area contributed by atoms with Gasteiger partial charge in [0.25, 0.3) is 0 Å². The van der Waals surface area contributed by atoms with E-state index in [1.807, 2.05) is 24.3 Å². The van der Waals surface area contributed by atoms with Crippen LogP contribution < -0.4 is 0 Å². The first-order chi connectivity index (χ1) is 14.8. The molecule has 8 heteroatoms. The van der Waals surface area contributed by atoms with E-state index in [4.69, 9.17) is 0 Å². The molecule has 3 N–H and O–H groups in total. The molecule has 0 amide bonds. The van der Waals surface area contributed by atoms with Crippen LogP contribution in [0.4, 0.5) is 4.39 Å². The minimum atomic E-state index is -0.272.